The zero-order chi connectivity index (χ0) is 17.1. The number of likely N-dealkylation sites (tertiary alicyclic amines) is 1. The minimum atomic E-state index is 0.166. The Bertz CT molecular complexity index is 578. The zero-order valence-corrected chi connectivity index (χ0v) is 14.9. The van der Waals surface area contributed by atoms with Gasteiger partial charge in [0.2, 0.25) is 0 Å². The average molecular weight is 344 g/mol. The van der Waals surface area contributed by atoms with Crippen LogP contribution in [0.15, 0.2) is 30.3 Å². The first-order valence-corrected chi connectivity index (χ1v) is 9.50. The molecule has 4 rings (SSSR count). The molecule has 3 aliphatic rings. The fourth-order valence-electron chi connectivity index (χ4n) is 4.38. The van der Waals surface area contributed by atoms with Gasteiger partial charge in [0.25, 0.3) is 5.91 Å². The topological polar surface area (TPSA) is 42.0 Å². The van der Waals surface area contributed by atoms with Crippen LogP contribution in [0.1, 0.15) is 29.6 Å². The van der Waals surface area contributed by atoms with E-state index >= 15 is 0 Å². The number of morpholine rings is 1. The molecule has 1 spiro atoms. The van der Waals surface area contributed by atoms with E-state index in [1.54, 1.807) is 0 Å². The summed E-state index contributed by atoms with van der Waals surface area (Å²) in [5, 5.41) is 0. The molecule has 0 saturated carbocycles. The van der Waals surface area contributed by atoms with Crippen molar-refractivity contribution in [3.05, 3.63) is 35.9 Å². The number of rotatable bonds is 3. The van der Waals surface area contributed by atoms with Crippen molar-refractivity contribution in [2.75, 3.05) is 52.5 Å². The third-order valence-corrected chi connectivity index (χ3v) is 5.98. The van der Waals surface area contributed by atoms with Gasteiger partial charge in [-0.15, -0.1) is 0 Å². The molecular weight excluding hydrogens is 316 g/mol. The van der Waals surface area contributed by atoms with Crippen molar-refractivity contribution in [2.45, 2.75) is 25.4 Å². The minimum absolute atomic E-state index is 0.166. The van der Waals surface area contributed by atoms with Crippen LogP contribution < -0.4 is 0 Å². The van der Waals surface area contributed by atoms with Gasteiger partial charge in [-0.25, -0.2) is 0 Å². The van der Waals surface area contributed by atoms with Crippen LogP contribution in [0.5, 0.6) is 0 Å². The highest BCUT2D eigenvalue weighted by molar-refractivity contribution is 5.94. The highest BCUT2D eigenvalue weighted by atomic mass is 16.5. The molecule has 3 saturated heterocycles. The molecule has 3 aliphatic heterocycles. The van der Waals surface area contributed by atoms with Crippen LogP contribution in [0.25, 0.3) is 0 Å². The quantitative estimate of drug-likeness (QED) is 0.841. The number of carbonyl (C=O) groups is 1. The Morgan fingerprint density at radius 2 is 1.80 bits per heavy atom. The van der Waals surface area contributed by atoms with Gasteiger partial charge in [0.1, 0.15) is 0 Å². The van der Waals surface area contributed by atoms with Crippen LogP contribution in [0.3, 0.4) is 0 Å². The first-order chi connectivity index (χ1) is 12.2. The van der Waals surface area contributed by atoms with Crippen molar-refractivity contribution in [1.29, 1.82) is 0 Å². The van der Waals surface area contributed by atoms with E-state index < -0.39 is 0 Å². The molecular formula is C20H28N2O3. The Morgan fingerprint density at radius 3 is 2.52 bits per heavy atom. The molecule has 1 atom stereocenters. The van der Waals surface area contributed by atoms with Gasteiger partial charge in [-0.05, 0) is 36.8 Å². The molecule has 1 unspecified atom stereocenters. The Balaban J connectivity index is 1.29. The van der Waals surface area contributed by atoms with Crippen molar-refractivity contribution < 1.29 is 14.3 Å². The lowest BCUT2D eigenvalue weighted by atomic mass is 9.76. The van der Waals surface area contributed by atoms with E-state index in [4.69, 9.17) is 9.47 Å². The molecule has 3 fully saturated rings. The Hall–Kier alpha value is -1.43. The molecule has 1 aromatic rings. The number of ether oxygens (including phenoxy) is 2. The summed E-state index contributed by atoms with van der Waals surface area (Å²) < 4.78 is 11.6. The lowest BCUT2D eigenvalue weighted by Gasteiger charge is -2.38. The second kappa shape index (κ2) is 7.44. The number of hydrogen-bond donors (Lipinski definition) is 0. The van der Waals surface area contributed by atoms with Crippen LogP contribution in [-0.2, 0) is 9.47 Å². The summed E-state index contributed by atoms with van der Waals surface area (Å²) >= 11 is 0. The summed E-state index contributed by atoms with van der Waals surface area (Å²) in [6, 6.07) is 9.62. The summed E-state index contributed by atoms with van der Waals surface area (Å²) in [7, 11) is 0. The number of benzene rings is 1. The smallest absolute Gasteiger partial charge is 0.253 e. The maximum Gasteiger partial charge on any atom is 0.253 e. The van der Waals surface area contributed by atoms with Crippen molar-refractivity contribution >= 4 is 5.91 Å². The maximum absolute atomic E-state index is 12.6. The largest absolute Gasteiger partial charge is 0.379 e. The molecule has 5 nitrogen and oxygen atoms in total. The minimum Gasteiger partial charge on any atom is -0.379 e. The highest BCUT2D eigenvalue weighted by Gasteiger charge is 2.43. The lowest BCUT2D eigenvalue weighted by molar-refractivity contribution is 0.00524. The molecule has 25 heavy (non-hydrogen) atoms. The van der Waals surface area contributed by atoms with E-state index in [0.717, 1.165) is 77.4 Å². The zero-order valence-electron chi connectivity index (χ0n) is 14.9. The van der Waals surface area contributed by atoms with Crippen LogP contribution >= 0.6 is 0 Å². The van der Waals surface area contributed by atoms with Gasteiger partial charge in [0.05, 0.1) is 25.9 Å². The monoisotopic (exact) mass is 344 g/mol. The predicted octanol–water partition coefficient (Wildman–Crippen LogP) is 2.03. The first-order valence-electron chi connectivity index (χ1n) is 9.50. The third kappa shape index (κ3) is 3.89. The number of amides is 1. The van der Waals surface area contributed by atoms with Crippen LogP contribution in [-0.4, -0.2) is 74.4 Å². The molecule has 0 N–H and O–H groups in total. The van der Waals surface area contributed by atoms with Gasteiger partial charge in [0, 0.05) is 38.3 Å². The van der Waals surface area contributed by atoms with E-state index in [9.17, 15) is 4.79 Å². The second-order valence-corrected chi connectivity index (χ2v) is 7.71. The number of piperidine rings is 1. The van der Waals surface area contributed by atoms with E-state index in [1.807, 2.05) is 35.2 Å². The molecule has 5 heteroatoms. The Kier molecular flexibility index (Phi) is 5.06. The van der Waals surface area contributed by atoms with E-state index in [2.05, 4.69) is 4.90 Å². The van der Waals surface area contributed by atoms with Gasteiger partial charge < -0.3 is 14.4 Å². The summed E-state index contributed by atoms with van der Waals surface area (Å²) in [5.74, 6) is 0.166. The van der Waals surface area contributed by atoms with Crippen molar-refractivity contribution in [1.82, 2.24) is 9.80 Å². The number of nitrogens with zero attached hydrogens (tertiary/aromatic N) is 2. The van der Waals surface area contributed by atoms with Crippen molar-refractivity contribution in [3.63, 3.8) is 0 Å². The molecule has 0 aliphatic carbocycles. The summed E-state index contributed by atoms with van der Waals surface area (Å²) in [6.45, 7) is 7.30. The standard InChI is InChI=1S/C20H28N2O3/c23-19(17-4-2-1-3-5-17)22-8-6-20(7-9-22)14-18(25-16-20)15-21-10-12-24-13-11-21/h1-5,18H,6-16H2. The molecule has 1 amide bonds. The Morgan fingerprint density at radius 1 is 1.08 bits per heavy atom. The summed E-state index contributed by atoms with van der Waals surface area (Å²) in [4.78, 5) is 17.1. The van der Waals surface area contributed by atoms with Gasteiger partial charge in [-0.1, -0.05) is 18.2 Å². The van der Waals surface area contributed by atoms with Gasteiger partial charge in [0.15, 0.2) is 0 Å². The number of carbonyl (C=O) groups excluding carboxylic acids is 1. The lowest BCUT2D eigenvalue weighted by Crippen LogP contribution is -2.44. The average Bonchev–Trinajstić information content (AvgIpc) is 3.05. The molecule has 0 radical (unpaired) electrons. The third-order valence-electron chi connectivity index (χ3n) is 5.98. The van der Waals surface area contributed by atoms with E-state index in [0.29, 0.717) is 6.10 Å². The van der Waals surface area contributed by atoms with Crippen LogP contribution in [0.4, 0.5) is 0 Å². The fraction of sp³-hybridized carbons (Fsp3) is 0.650. The van der Waals surface area contributed by atoms with E-state index in [1.165, 1.54) is 0 Å². The Labute approximate surface area is 149 Å². The summed E-state index contributed by atoms with van der Waals surface area (Å²) in [5.41, 5.74) is 1.08. The van der Waals surface area contributed by atoms with Crippen LogP contribution in [0, 0.1) is 5.41 Å². The van der Waals surface area contributed by atoms with Gasteiger partial charge in [-0.2, -0.15) is 0 Å². The van der Waals surface area contributed by atoms with Crippen molar-refractivity contribution in [2.24, 2.45) is 5.41 Å². The SMILES string of the molecule is O=C(c1ccccc1)N1CCC2(CC1)COC(CN1CCOCC1)C2. The number of hydrogen-bond acceptors (Lipinski definition) is 4. The molecule has 3 heterocycles. The fourth-order valence-corrected chi connectivity index (χ4v) is 4.38. The van der Waals surface area contributed by atoms with Crippen molar-refractivity contribution in [3.8, 4) is 0 Å². The van der Waals surface area contributed by atoms with Crippen LogP contribution in [0.2, 0.25) is 0 Å². The first kappa shape index (κ1) is 17.0. The van der Waals surface area contributed by atoms with Gasteiger partial charge in [-0.3, -0.25) is 9.69 Å². The van der Waals surface area contributed by atoms with Gasteiger partial charge >= 0.3 is 0 Å². The normalized spacial score (nSPS) is 26.9. The maximum atomic E-state index is 12.6. The molecule has 0 bridgehead atoms. The molecule has 1 aromatic carbocycles. The second-order valence-electron chi connectivity index (χ2n) is 7.71. The predicted molar refractivity (Wildman–Crippen MR) is 95.6 cm³/mol. The molecule has 136 valence electrons. The molecule has 0 aromatic heterocycles. The highest BCUT2D eigenvalue weighted by Crippen LogP contribution is 2.42. The summed E-state index contributed by atoms with van der Waals surface area (Å²) in [6.07, 6.45) is 3.60. The van der Waals surface area contributed by atoms with E-state index in [-0.39, 0.29) is 11.3 Å².